The third-order valence-corrected chi connectivity index (χ3v) is 3.49. The molecule has 104 valence electrons. The molecule has 1 aromatic heterocycles. The van der Waals surface area contributed by atoms with E-state index < -0.39 is 5.82 Å². The van der Waals surface area contributed by atoms with Crippen LogP contribution >= 0.6 is 23.2 Å². The van der Waals surface area contributed by atoms with Crippen LogP contribution in [0.5, 0.6) is 0 Å². The first-order valence-corrected chi connectivity index (χ1v) is 6.54. The van der Waals surface area contributed by atoms with Crippen molar-refractivity contribution in [2.75, 3.05) is 7.05 Å². The molecule has 1 aromatic carbocycles. The van der Waals surface area contributed by atoms with Crippen LogP contribution in [-0.4, -0.2) is 22.8 Å². The smallest absolute Gasteiger partial charge is 0.256 e. The topological polar surface area (TPSA) is 33.2 Å². The lowest BCUT2D eigenvalue weighted by molar-refractivity contribution is 0.0783. The number of hydrogen-bond donors (Lipinski definition) is 0. The third kappa shape index (κ3) is 3.08. The molecular formula is C14H11Cl2FN2O. The number of pyridine rings is 1. The van der Waals surface area contributed by atoms with E-state index in [0.29, 0.717) is 5.02 Å². The molecule has 0 bridgehead atoms. The average molecular weight is 313 g/mol. The second-order valence-electron chi connectivity index (χ2n) is 4.22. The number of hydrogen-bond acceptors (Lipinski definition) is 2. The molecule has 1 heterocycles. The van der Waals surface area contributed by atoms with Gasteiger partial charge in [0.1, 0.15) is 5.82 Å². The molecule has 1 amide bonds. The quantitative estimate of drug-likeness (QED) is 0.863. The summed E-state index contributed by atoms with van der Waals surface area (Å²) < 4.78 is 13.7. The fourth-order valence-electron chi connectivity index (χ4n) is 1.73. The molecular weight excluding hydrogens is 302 g/mol. The van der Waals surface area contributed by atoms with Crippen LogP contribution in [0.15, 0.2) is 36.7 Å². The molecule has 0 aliphatic heterocycles. The molecule has 0 radical (unpaired) electrons. The molecule has 2 rings (SSSR count). The zero-order chi connectivity index (χ0) is 14.7. The van der Waals surface area contributed by atoms with Gasteiger partial charge in [-0.3, -0.25) is 9.78 Å². The van der Waals surface area contributed by atoms with Gasteiger partial charge in [-0.05, 0) is 18.2 Å². The van der Waals surface area contributed by atoms with Gasteiger partial charge < -0.3 is 4.90 Å². The van der Waals surface area contributed by atoms with Gasteiger partial charge in [0.25, 0.3) is 5.91 Å². The van der Waals surface area contributed by atoms with Crippen molar-refractivity contribution >= 4 is 29.1 Å². The predicted octanol–water partition coefficient (Wildman–Crippen LogP) is 3.80. The minimum Gasteiger partial charge on any atom is -0.337 e. The van der Waals surface area contributed by atoms with Gasteiger partial charge in [-0.25, -0.2) is 4.39 Å². The SMILES string of the molecule is CN(Cc1c(F)cccc1Cl)C(=O)c1cnccc1Cl. The maximum atomic E-state index is 13.7. The summed E-state index contributed by atoms with van der Waals surface area (Å²) >= 11 is 11.9. The molecule has 0 saturated carbocycles. The summed E-state index contributed by atoms with van der Waals surface area (Å²) in [5.41, 5.74) is 0.536. The molecule has 0 fully saturated rings. The molecule has 6 heteroatoms. The maximum absolute atomic E-state index is 13.7. The van der Waals surface area contributed by atoms with Gasteiger partial charge in [-0.1, -0.05) is 29.3 Å². The second kappa shape index (κ2) is 6.20. The molecule has 0 N–H and O–H groups in total. The summed E-state index contributed by atoms with van der Waals surface area (Å²) in [6.45, 7) is 0.0512. The summed E-state index contributed by atoms with van der Waals surface area (Å²) in [6, 6.07) is 5.92. The highest BCUT2D eigenvalue weighted by Gasteiger charge is 2.18. The Balaban J connectivity index is 2.23. The van der Waals surface area contributed by atoms with E-state index in [1.54, 1.807) is 13.1 Å². The number of amides is 1. The van der Waals surface area contributed by atoms with E-state index in [1.165, 1.54) is 35.5 Å². The number of halogens is 3. The van der Waals surface area contributed by atoms with Gasteiger partial charge in [-0.15, -0.1) is 0 Å². The van der Waals surface area contributed by atoms with Crippen LogP contribution < -0.4 is 0 Å². The van der Waals surface area contributed by atoms with Crippen molar-refractivity contribution in [1.82, 2.24) is 9.88 Å². The molecule has 0 atom stereocenters. The van der Waals surface area contributed by atoms with Crippen LogP contribution in [0.3, 0.4) is 0 Å². The van der Waals surface area contributed by atoms with Gasteiger partial charge in [0.05, 0.1) is 10.6 Å². The first kappa shape index (κ1) is 14.8. The Bertz CT molecular complexity index is 629. The molecule has 0 spiro atoms. The molecule has 3 nitrogen and oxygen atoms in total. The van der Waals surface area contributed by atoms with Crippen molar-refractivity contribution in [2.24, 2.45) is 0 Å². The van der Waals surface area contributed by atoms with Gasteiger partial charge >= 0.3 is 0 Å². The first-order valence-electron chi connectivity index (χ1n) is 5.78. The lowest BCUT2D eigenvalue weighted by Crippen LogP contribution is -2.27. The Morgan fingerprint density at radius 2 is 2.05 bits per heavy atom. The first-order chi connectivity index (χ1) is 9.50. The average Bonchev–Trinajstić information content (AvgIpc) is 2.42. The Kier molecular flexibility index (Phi) is 4.57. The monoisotopic (exact) mass is 312 g/mol. The molecule has 0 saturated heterocycles. The fraction of sp³-hybridized carbons (Fsp3) is 0.143. The number of carbonyl (C=O) groups is 1. The van der Waals surface area contributed by atoms with Gasteiger partial charge in [0.2, 0.25) is 0 Å². The Morgan fingerprint density at radius 1 is 1.30 bits per heavy atom. The highest BCUT2D eigenvalue weighted by molar-refractivity contribution is 6.33. The normalized spacial score (nSPS) is 10.4. The Labute approximate surface area is 125 Å². The van der Waals surface area contributed by atoms with Crippen LogP contribution in [0.4, 0.5) is 4.39 Å². The van der Waals surface area contributed by atoms with Gasteiger partial charge in [0, 0.05) is 36.6 Å². The van der Waals surface area contributed by atoms with Gasteiger partial charge in [0.15, 0.2) is 0 Å². The summed E-state index contributed by atoms with van der Waals surface area (Å²) in [5.74, 6) is -0.795. The zero-order valence-corrected chi connectivity index (χ0v) is 12.1. The molecule has 0 aliphatic carbocycles. The van der Waals surface area contributed by atoms with E-state index in [1.807, 2.05) is 0 Å². The summed E-state index contributed by atoms with van der Waals surface area (Å²) in [5, 5.41) is 0.582. The van der Waals surface area contributed by atoms with E-state index in [2.05, 4.69) is 4.98 Å². The van der Waals surface area contributed by atoms with E-state index in [-0.39, 0.29) is 28.6 Å². The van der Waals surface area contributed by atoms with Crippen LogP contribution in [0.2, 0.25) is 10.0 Å². The summed E-state index contributed by atoms with van der Waals surface area (Å²) in [6.07, 6.45) is 2.87. The van der Waals surface area contributed by atoms with Crippen molar-refractivity contribution in [3.8, 4) is 0 Å². The maximum Gasteiger partial charge on any atom is 0.256 e. The highest BCUT2D eigenvalue weighted by Crippen LogP contribution is 2.22. The Hall–Kier alpha value is -1.65. The van der Waals surface area contributed by atoms with Gasteiger partial charge in [-0.2, -0.15) is 0 Å². The zero-order valence-electron chi connectivity index (χ0n) is 10.6. The summed E-state index contributed by atoms with van der Waals surface area (Å²) in [7, 11) is 1.55. The Morgan fingerprint density at radius 3 is 2.70 bits per heavy atom. The fourth-order valence-corrected chi connectivity index (χ4v) is 2.14. The van der Waals surface area contributed by atoms with Crippen LogP contribution in [-0.2, 0) is 6.54 Å². The van der Waals surface area contributed by atoms with Crippen molar-refractivity contribution < 1.29 is 9.18 Å². The van der Waals surface area contributed by atoms with Crippen LogP contribution in [0, 0.1) is 5.82 Å². The lowest BCUT2D eigenvalue weighted by atomic mass is 10.2. The van der Waals surface area contributed by atoms with Crippen LogP contribution in [0.25, 0.3) is 0 Å². The third-order valence-electron chi connectivity index (χ3n) is 2.80. The minimum atomic E-state index is -0.450. The van der Waals surface area contributed by atoms with Crippen molar-refractivity contribution in [3.63, 3.8) is 0 Å². The molecule has 0 aliphatic rings. The number of rotatable bonds is 3. The second-order valence-corrected chi connectivity index (χ2v) is 5.03. The molecule has 20 heavy (non-hydrogen) atoms. The van der Waals surface area contributed by atoms with E-state index in [0.717, 1.165) is 0 Å². The van der Waals surface area contributed by atoms with E-state index in [4.69, 9.17) is 23.2 Å². The van der Waals surface area contributed by atoms with Crippen molar-refractivity contribution in [1.29, 1.82) is 0 Å². The number of carbonyl (C=O) groups excluding carboxylic acids is 1. The minimum absolute atomic E-state index is 0.0512. The van der Waals surface area contributed by atoms with E-state index >= 15 is 0 Å². The predicted molar refractivity (Wildman–Crippen MR) is 76.5 cm³/mol. The van der Waals surface area contributed by atoms with Crippen molar-refractivity contribution in [3.05, 3.63) is 63.6 Å². The largest absolute Gasteiger partial charge is 0.337 e. The summed E-state index contributed by atoms with van der Waals surface area (Å²) in [4.78, 5) is 17.4. The number of aromatic nitrogens is 1. The molecule has 2 aromatic rings. The number of benzene rings is 1. The standard InChI is InChI=1S/C14H11Cl2FN2O/c1-19(8-10-11(15)3-2-4-13(10)17)14(20)9-7-18-6-5-12(9)16/h2-7H,8H2,1H3. The lowest BCUT2D eigenvalue weighted by Gasteiger charge is -2.18. The van der Waals surface area contributed by atoms with Crippen LogP contribution in [0.1, 0.15) is 15.9 Å². The van der Waals surface area contributed by atoms with E-state index in [9.17, 15) is 9.18 Å². The highest BCUT2D eigenvalue weighted by atomic mass is 35.5. The van der Waals surface area contributed by atoms with Crippen molar-refractivity contribution in [2.45, 2.75) is 6.54 Å². The number of nitrogens with zero attached hydrogens (tertiary/aromatic N) is 2. The molecule has 0 unspecified atom stereocenters.